The lowest BCUT2D eigenvalue weighted by Crippen LogP contribution is -2.19. The maximum absolute atomic E-state index is 10.1. The van der Waals surface area contributed by atoms with Crippen molar-refractivity contribution in [2.24, 2.45) is 5.73 Å². The molecule has 3 N–H and O–H groups in total. The van der Waals surface area contributed by atoms with Crippen molar-refractivity contribution in [3.63, 3.8) is 0 Å². The Balaban J connectivity index is 3.40. The SMILES string of the molecule is NCC(=O)CS(=O)O. The normalized spacial score (nSPS) is 13.2. The molecule has 8 heavy (non-hydrogen) atoms. The van der Waals surface area contributed by atoms with Gasteiger partial charge in [0, 0.05) is 0 Å². The van der Waals surface area contributed by atoms with E-state index in [4.69, 9.17) is 10.3 Å². The number of hydrogen-bond donors (Lipinski definition) is 2. The number of carbonyl (C=O) groups is 1. The first-order chi connectivity index (χ1) is 3.66. The summed E-state index contributed by atoms with van der Waals surface area (Å²) in [6, 6.07) is 0. The smallest absolute Gasteiger partial charge is 0.161 e. The molecule has 0 aliphatic heterocycles. The zero-order valence-corrected chi connectivity index (χ0v) is 4.98. The van der Waals surface area contributed by atoms with Gasteiger partial charge < -0.3 is 10.3 Å². The molecule has 0 aromatic heterocycles. The predicted molar refractivity (Wildman–Crippen MR) is 29.7 cm³/mol. The second-order valence-corrected chi connectivity index (χ2v) is 2.14. The number of nitrogens with two attached hydrogens (primary N) is 1. The van der Waals surface area contributed by atoms with E-state index >= 15 is 0 Å². The molecular formula is C3H7NO3S. The Morgan fingerprint density at radius 2 is 2.25 bits per heavy atom. The topological polar surface area (TPSA) is 80.4 Å². The van der Waals surface area contributed by atoms with Crippen LogP contribution in [0.2, 0.25) is 0 Å². The van der Waals surface area contributed by atoms with E-state index in [1.165, 1.54) is 0 Å². The lowest BCUT2D eigenvalue weighted by molar-refractivity contribution is -0.115. The van der Waals surface area contributed by atoms with Gasteiger partial charge >= 0.3 is 0 Å². The first kappa shape index (κ1) is 7.74. The molecule has 0 aromatic carbocycles. The fourth-order valence-corrected chi connectivity index (χ4v) is 0.590. The van der Waals surface area contributed by atoms with Gasteiger partial charge in [0.2, 0.25) is 0 Å². The monoisotopic (exact) mass is 137 g/mol. The molecule has 0 rings (SSSR count). The number of hydrogen-bond acceptors (Lipinski definition) is 3. The average Bonchev–Trinajstić information content (AvgIpc) is 1.65. The van der Waals surface area contributed by atoms with Crippen molar-refractivity contribution in [1.82, 2.24) is 0 Å². The Kier molecular flexibility index (Phi) is 3.59. The van der Waals surface area contributed by atoms with Crippen LogP contribution in [0.5, 0.6) is 0 Å². The second kappa shape index (κ2) is 3.71. The van der Waals surface area contributed by atoms with Gasteiger partial charge in [0.15, 0.2) is 16.9 Å². The van der Waals surface area contributed by atoms with Crippen molar-refractivity contribution in [1.29, 1.82) is 0 Å². The van der Waals surface area contributed by atoms with Gasteiger partial charge in [0.25, 0.3) is 0 Å². The van der Waals surface area contributed by atoms with E-state index in [-0.39, 0.29) is 12.3 Å². The van der Waals surface area contributed by atoms with E-state index in [0.717, 1.165) is 0 Å². The summed E-state index contributed by atoms with van der Waals surface area (Å²) in [5.74, 6) is -0.748. The molecule has 0 saturated carbocycles. The number of rotatable bonds is 3. The maximum Gasteiger partial charge on any atom is 0.161 e. The highest BCUT2D eigenvalue weighted by Gasteiger charge is 2.00. The minimum atomic E-state index is -2.03. The third kappa shape index (κ3) is 3.91. The van der Waals surface area contributed by atoms with Crippen molar-refractivity contribution in [3.8, 4) is 0 Å². The fraction of sp³-hybridized carbons (Fsp3) is 0.667. The predicted octanol–water partition coefficient (Wildman–Crippen LogP) is -1.26. The van der Waals surface area contributed by atoms with E-state index in [1.807, 2.05) is 0 Å². The summed E-state index contributed by atoms with van der Waals surface area (Å²) < 4.78 is 17.9. The molecule has 0 heterocycles. The van der Waals surface area contributed by atoms with Crippen LogP contribution in [0.1, 0.15) is 0 Å². The summed E-state index contributed by atoms with van der Waals surface area (Å²) in [5.41, 5.74) is 4.83. The van der Waals surface area contributed by atoms with Gasteiger partial charge in [-0.25, -0.2) is 4.21 Å². The van der Waals surface area contributed by atoms with Crippen molar-refractivity contribution >= 4 is 16.9 Å². The molecule has 0 amide bonds. The molecule has 1 atom stereocenters. The lowest BCUT2D eigenvalue weighted by atomic mass is 10.5. The van der Waals surface area contributed by atoms with Crippen LogP contribution in [0.25, 0.3) is 0 Å². The van der Waals surface area contributed by atoms with E-state index in [9.17, 15) is 9.00 Å². The average molecular weight is 137 g/mol. The van der Waals surface area contributed by atoms with E-state index in [1.54, 1.807) is 0 Å². The molecular weight excluding hydrogens is 130 g/mol. The van der Waals surface area contributed by atoms with Crippen molar-refractivity contribution < 1.29 is 13.6 Å². The van der Waals surface area contributed by atoms with Gasteiger partial charge in [0.1, 0.15) is 5.75 Å². The largest absolute Gasteiger partial charge is 0.324 e. The number of Topliss-reactive ketones (excluding diaryl/α,β-unsaturated/α-hetero) is 1. The van der Waals surface area contributed by atoms with Crippen LogP contribution < -0.4 is 5.73 Å². The van der Waals surface area contributed by atoms with Gasteiger partial charge in [-0.3, -0.25) is 4.79 Å². The standard InChI is InChI=1S/C3H7NO3S/c4-1-3(5)2-8(6)7/h1-2,4H2,(H,6,7). The summed E-state index contributed by atoms with van der Waals surface area (Å²) >= 11 is -2.03. The Morgan fingerprint density at radius 1 is 1.75 bits per heavy atom. The lowest BCUT2D eigenvalue weighted by Gasteiger charge is -1.87. The fourth-order valence-electron chi connectivity index (χ4n) is 0.197. The maximum atomic E-state index is 10.1. The molecule has 0 bridgehead atoms. The molecule has 0 radical (unpaired) electrons. The van der Waals surface area contributed by atoms with E-state index < -0.39 is 16.9 Å². The minimum absolute atomic E-state index is 0.160. The third-order valence-electron chi connectivity index (χ3n) is 0.512. The highest BCUT2D eigenvalue weighted by atomic mass is 32.2. The molecule has 4 nitrogen and oxygen atoms in total. The molecule has 0 aromatic rings. The first-order valence-corrected chi connectivity index (χ1v) is 3.23. The molecule has 0 aliphatic carbocycles. The Labute approximate surface area is 49.3 Å². The minimum Gasteiger partial charge on any atom is -0.324 e. The number of carbonyl (C=O) groups excluding carboxylic acids is 1. The van der Waals surface area contributed by atoms with Crippen LogP contribution in [0.4, 0.5) is 0 Å². The summed E-state index contributed by atoms with van der Waals surface area (Å²) in [6.07, 6.45) is 0. The van der Waals surface area contributed by atoms with Crippen molar-refractivity contribution in [2.75, 3.05) is 12.3 Å². The van der Waals surface area contributed by atoms with Crippen LogP contribution in [-0.2, 0) is 15.9 Å². The Bertz CT molecular complexity index is 113. The van der Waals surface area contributed by atoms with E-state index in [2.05, 4.69) is 0 Å². The van der Waals surface area contributed by atoms with Crippen LogP contribution in [0.15, 0.2) is 0 Å². The van der Waals surface area contributed by atoms with Crippen LogP contribution in [0.3, 0.4) is 0 Å². The Morgan fingerprint density at radius 3 is 2.38 bits per heavy atom. The van der Waals surface area contributed by atoms with E-state index in [0.29, 0.717) is 0 Å². The third-order valence-corrected chi connectivity index (χ3v) is 1.08. The van der Waals surface area contributed by atoms with Crippen LogP contribution in [-0.4, -0.2) is 26.8 Å². The summed E-state index contributed by atoms with van der Waals surface area (Å²) in [4.78, 5) is 10.1. The molecule has 5 heteroatoms. The number of ketones is 1. The quantitative estimate of drug-likeness (QED) is 0.475. The molecule has 0 fully saturated rings. The van der Waals surface area contributed by atoms with Crippen LogP contribution in [0, 0.1) is 0 Å². The summed E-state index contributed by atoms with van der Waals surface area (Å²) in [5, 5.41) is 0. The van der Waals surface area contributed by atoms with Gasteiger partial charge in [-0.2, -0.15) is 0 Å². The highest BCUT2D eigenvalue weighted by Crippen LogP contribution is 1.73. The van der Waals surface area contributed by atoms with Gasteiger partial charge in [-0.05, 0) is 0 Å². The molecule has 0 aliphatic rings. The summed E-state index contributed by atoms with van der Waals surface area (Å²) in [7, 11) is 0. The van der Waals surface area contributed by atoms with Gasteiger partial charge in [0.05, 0.1) is 6.54 Å². The van der Waals surface area contributed by atoms with Crippen molar-refractivity contribution in [3.05, 3.63) is 0 Å². The molecule has 48 valence electrons. The highest BCUT2D eigenvalue weighted by molar-refractivity contribution is 7.80. The molecule has 0 saturated heterocycles. The Hall–Kier alpha value is -0.260. The summed E-state index contributed by atoms with van der Waals surface area (Å²) in [6.45, 7) is -0.160. The second-order valence-electron chi connectivity index (χ2n) is 1.21. The zero-order valence-electron chi connectivity index (χ0n) is 4.16. The van der Waals surface area contributed by atoms with Gasteiger partial charge in [-0.15, -0.1) is 0 Å². The van der Waals surface area contributed by atoms with Gasteiger partial charge in [-0.1, -0.05) is 0 Å². The van der Waals surface area contributed by atoms with Crippen molar-refractivity contribution in [2.45, 2.75) is 0 Å². The van der Waals surface area contributed by atoms with Crippen LogP contribution >= 0.6 is 0 Å². The molecule has 0 spiro atoms. The molecule has 1 unspecified atom stereocenters. The zero-order chi connectivity index (χ0) is 6.57. The first-order valence-electron chi connectivity index (χ1n) is 1.96.